The van der Waals surface area contributed by atoms with Crippen LogP contribution in [0, 0.1) is 0 Å². The SMILES string of the molecule is CC(=O)Nc1ccc(S(=O)(=O)NCCc2ccc(Cl)cc2)cc1. The molecule has 23 heavy (non-hydrogen) atoms. The molecular formula is C16H17ClN2O3S. The van der Waals surface area contributed by atoms with E-state index in [9.17, 15) is 13.2 Å². The molecule has 0 saturated heterocycles. The van der Waals surface area contributed by atoms with Gasteiger partial charge in [0.15, 0.2) is 0 Å². The Bertz CT molecular complexity index is 772. The number of nitrogens with one attached hydrogen (secondary N) is 2. The van der Waals surface area contributed by atoms with E-state index in [4.69, 9.17) is 11.6 Å². The molecule has 0 aliphatic carbocycles. The lowest BCUT2D eigenvalue weighted by Crippen LogP contribution is -2.26. The maximum atomic E-state index is 12.2. The standard InChI is InChI=1S/C16H17ClN2O3S/c1-12(20)19-15-6-8-16(9-7-15)23(21,22)18-11-10-13-2-4-14(17)5-3-13/h2-9,18H,10-11H2,1H3,(H,19,20). The highest BCUT2D eigenvalue weighted by Gasteiger charge is 2.13. The first-order valence-corrected chi connectivity index (χ1v) is 8.85. The number of amides is 1. The zero-order chi connectivity index (χ0) is 16.9. The van der Waals surface area contributed by atoms with Crippen LogP contribution >= 0.6 is 11.6 Å². The van der Waals surface area contributed by atoms with Crippen LogP contribution in [0.3, 0.4) is 0 Å². The smallest absolute Gasteiger partial charge is 0.240 e. The number of hydrogen-bond donors (Lipinski definition) is 2. The minimum absolute atomic E-state index is 0.155. The lowest BCUT2D eigenvalue weighted by Gasteiger charge is -2.08. The molecule has 0 fully saturated rings. The molecule has 0 saturated carbocycles. The second kappa shape index (κ2) is 7.59. The van der Waals surface area contributed by atoms with E-state index in [0.29, 0.717) is 17.1 Å². The Hall–Kier alpha value is -1.89. The van der Waals surface area contributed by atoms with Crippen LogP contribution in [0.4, 0.5) is 5.69 Å². The number of halogens is 1. The van der Waals surface area contributed by atoms with Crippen molar-refractivity contribution in [3.05, 3.63) is 59.1 Å². The maximum Gasteiger partial charge on any atom is 0.240 e. The van der Waals surface area contributed by atoms with Gasteiger partial charge < -0.3 is 5.32 Å². The Balaban J connectivity index is 1.95. The fourth-order valence-corrected chi connectivity index (χ4v) is 3.14. The molecule has 2 aromatic carbocycles. The van der Waals surface area contributed by atoms with Crippen LogP contribution in [-0.4, -0.2) is 20.9 Å². The van der Waals surface area contributed by atoms with Gasteiger partial charge in [-0.1, -0.05) is 23.7 Å². The van der Waals surface area contributed by atoms with Crippen molar-refractivity contribution < 1.29 is 13.2 Å². The van der Waals surface area contributed by atoms with E-state index in [1.165, 1.54) is 19.1 Å². The molecule has 0 heterocycles. The molecule has 0 bridgehead atoms. The summed E-state index contributed by atoms with van der Waals surface area (Å²) in [5.74, 6) is -0.207. The molecular weight excluding hydrogens is 336 g/mol. The van der Waals surface area contributed by atoms with Crippen LogP contribution in [0.15, 0.2) is 53.4 Å². The van der Waals surface area contributed by atoms with E-state index in [-0.39, 0.29) is 17.3 Å². The van der Waals surface area contributed by atoms with Crippen molar-refractivity contribution in [2.24, 2.45) is 0 Å². The highest BCUT2D eigenvalue weighted by molar-refractivity contribution is 7.89. The number of carbonyl (C=O) groups excluding carboxylic acids is 1. The minimum Gasteiger partial charge on any atom is -0.326 e. The molecule has 0 aliphatic heterocycles. The van der Waals surface area contributed by atoms with Gasteiger partial charge in [0.05, 0.1) is 4.90 Å². The fraction of sp³-hybridized carbons (Fsp3) is 0.188. The molecule has 2 rings (SSSR count). The summed E-state index contributed by atoms with van der Waals surface area (Å²) >= 11 is 5.80. The van der Waals surface area contributed by atoms with Crippen LogP contribution in [0.5, 0.6) is 0 Å². The van der Waals surface area contributed by atoms with Crippen molar-refractivity contribution >= 4 is 33.2 Å². The normalized spacial score (nSPS) is 11.2. The number of sulfonamides is 1. The number of carbonyl (C=O) groups is 1. The maximum absolute atomic E-state index is 12.2. The zero-order valence-electron chi connectivity index (χ0n) is 12.5. The van der Waals surface area contributed by atoms with E-state index >= 15 is 0 Å². The van der Waals surface area contributed by atoms with E-state index in [2.05, 4.69) is 10.0 Å². The first-order chi connectivity index (χ1) is 10.9. The lowest BCUT2D eigenvalue weighted by molar-refractivity contribution is -0.114. The van der Waals surface area contributed by atoms with Gasteiger partial charge in [0, 0.05) is 24.2 Å². The molecule has 0 aliphatic rings. The summed E-state index contributed by atoms with van der Waals surface area (Å²) in [6, 6.07) is 13.3. The van der Waals surface area contributed by atoms with E-state index in [0.717, 1.165) is 5.56 Å². The number of hydrogen-bond acceptors (Lipinski definition) is 3. The van der Waals surface area contributed by atoms with Crippen molar-refractivity contribution in [2.45, 2.75) is 18.2 Å². The van der Waals surface area contributed by atoms with E-state index in [1.54, 1.807) is 24.3 Å². The van der Waals surface area contributed by atoms with Gasteiger partial charge in [0.25, 0.3) is 0 Å². The molecule has 2 aromatic rings. The van der Waals surface area contributed by atoms with Crippen molar-refractivity contribution in [3.63, 3.8) is 0 Å². The van der Waals surface area contributed by atoms with Crippen LogP contribution in [0.1, 0.15) is 12.5 Å². The number of anilines is 1. The van der Waals surface area contributed by atoms with E-state index < -0.39 is 10.0 Å². The molecule has 0 unspecified atom stereocenters. The van der Waals surface area contributed by atoms with Gasteiger partial charge in [0.2, 0.25) is 15.9 Å². The molecule has 0 radical (unpaired) electrons. The third-order valence-corrected chi connectivity index (χ3v) is 4.83. The summed E-state index contributed by atoms with van der Waals surface area (Å²) in [5, 5.41) is 3.23. The average Bonchev–Trinajstić information content (AvgIpc) is 2.49. The fourth-order valence-electron chi connectivity index (χ4n) is 1.98. The molecule has 0 spiro atoms. The monoisotopic (exact) mass is 352 g/mol. The molecule has 0 aromatic heterocycles. The third-order valence-electron chi connectivity index (χ3n) is 3.10. The molecule has 0 atom stereocenters. The molecule has 7 heteroatoms. The van der Waals surface area contributed by atoms with Crippen LogP contribution in [-0.2, 0) is 21.2 Å². The summed E-state index contributed by atoms with van der Waals surface area (Å²) in [5.41, 5.74) is 1.55. The first-order valence-electron chi connectivity index (χ1n) is 6.98. The second-order valence-corrected chi connectivity index (χ2v) is 7.18. The van der Waals surface area contributed by atoms with Gasteiger partial charge in [-0.3, -0.25) is 4.79 Å². The summed E-state index contributed by atoms with van der Waals surface area (Å²) in [7, 11) is -3.57. The summed E-state index contributed by atoms with van der Waals surface area (Å²) in [6.45, 7) is 1.68. The Morgan fingerprint density at radius 3 is 2.22 bits per heavy atom. The number of benzene rings is 2. The van der Waals surface area contributed by atoms with Crippen molar-refractivity contribution in [2.75, 3.05) is 11.9 Å². The van der Waals surface area contributed by atoms with Gasteiger partial charge in [-0.25, -0.2) is 13.1 Å². The molecule has 2 N–H and O–H groups in total. The number of rotatable bonds is 6. The second-order valence-electron chi connectivity index (χ2n) is 4.98. The van der Waals surface area contributed by atoms with Crippen LogP contribution < -0.4 is 10.0 Å². The van der Waals surface area contributed by atoms with Gasteiger partial charge >= 0.3 is 0 Å². The van der Waals surface area contributed by atoms with Crippen molar-refractivity contribution in [1.82, 2.24) is 4.72 Å². The summed E-state index contributed by atoms with van der Waals surface area (Å²) < 4.78 is 26.9. The predicted molar refractivity (Wildman–Crippen MR) is 91.1 cm³/mol. The van der Waals surface area contributed by atoms with Crippen molar-refractivity contribution in [3.8, 4) is 0 Å². The van der Waals surface area contributed by atoms with Gasteiger partial charge in [-0.2, -0.15) is 0 Å². The van der Waals surface area contributed by atoms with Crippen LogP contribution in [0.25, 0.3) is 0 Å². The molecule has 5 nitrogen and oxygen atoms in total. The lowest BCUT2D eigenvalue weighted by atomic mass is 10.2. The molecule has 1 amide bonds. The molecule has 122 valence electrons. The Kier molecular flexibility index (Phi) is 5.76. The first kappa shape index (κ1) is 17.5. The predicted octanol–water partition coefficient (Wildman–Crippen LogP) is 2.82. The van der Waals surface area contributed by atoms with Gasteiger partial charge in [0.1, 0.15) is 0 Å². The third kappa shape index (κ3) is 5.35. The average molecular weight is 353 g/mol. The highest BCUT2D eigenvalue weighted by Crippen LogP contribution is 2.14. The Morgan fingerprint density at radius 2 is 1.65 bits per heavy atom. The highest BCUT2D eigenvalue weighted by atomic mass is 35.5. The quantitative estimate of drug-likeness (QED) is 0.839. The van der Waals surface area contributed by atoms with Crippen LogP contribution in [0.2, 0.25) is 5.02 Å². The van der Waals surface area contributed by atoms with E-state index in [1.807, 2.05) is 12.1 Å². The zero-order valence-corrected chi connectivity index (χ0v) is 14.1. The van der Waals surface area contributed by atoms with Crippen molar-refractivity contribution in [1.29, 1.82) is 0 Å². The topological polar surface area (TPSA) is 75.3 Å². The minimum atomic E-state index is -3.57. The Morgan fingerprint density at radius 1 is 1.04 bits per heavy atom. The largest absolute Gasteiger partial charge is 0.326 e. The van der Waals surface area contributed by atoms with Gasteiger partial charge in [-0.15, -0.1) is 0 Å². The summed E-state index contributed by atoms with van der Waals surface area (Å²) in [4.78, 5) is 11.1. The Labute approximate surface area is 140 Å². The summed E-state index contributed by atoms with van der Waals surface area (Å²) in [6.07, 6.45) is 0.570. The van der Waals surface area contributed by atoms with Gasteiger partial charge in [-0.05, 0) is 48.4 Å².